The summed E-state index contributed by atoms with van der Waals surface area (Å²) in [5.41, 5.74) is 1.49. The minimum Gasteiger partial charge on any atom is -0.439 e. The van der Waals surface area contributed by atoms with Crippen molar-refractivity contribution in [3.8, 4) is 0 Å². The summed E-state index contributed by atoms with van der Waals surface area (Å²) in [4.78, 5) is 13.3. The van der Waals surface area contributed by atoms with Crippen molar-refractivity contribution in [2.75, 3.05) is 13.2 Å². The minimum absolute atomic E-state index is 0.150. The summed E-state index contributed by atoms with van der Waals surface area (Å²) in [6.07, 6.45) is -0.357. The van der Waals surface area contributed by atoms with Crippen LogP contribution in [-0.2, 0) is 11.3 Å². The predicted molar refractivity (Wildman–Crippen MR) is 63.6 cm³/mol. The Morgan fingerprint density at radius 3 is 2.76 bits per heavy atom. The maximum Gasteiger partial charge on any atom is 0.410 e. The molecule has 2 rings (SSSR count). The molecule has 0 radical (unpaired) electrons. The molecule has 92 valence electrons. The molecule has 0 aliphatic carbocycles. The van der Waals surface area contributed by atoms with Gasteiger partial charge >= 0.3 is 6.09 Å². The Kier molecular flexibility index (Phi) is 3.07. The quantitative estimate of drug-likeness (QED) is 0.867. The standard InChI is InChI=1S/C13H17NO3/c1-10-5-3-4-6-11(10)7-14-8-13(2,9-15)17-12(14)16/h3-6,15H,7-9H2,1-2H3. The second kappa shape index (κ2) is 4.37. The number of benzene rings is 1. The molecule has 4 heteroatoms. The van der Waals surface area contributed by atoms with Crippen LogP contribution in [0.25, 0.3) is 0 Å². The Morgan fingerprint density at radius 1 is 1.47 bits per heavy atom. The molecule has 1 unspecified atom stereocenters. The number of aryl methyl sites for hydroxylation is 1. The molecule has 1 aliphatic heterocycles. The van der Waals surface area contributed by atoms with Crippen LogP contribution in [0.2, 0.25) is 0 Å². The number of hydrogen-bond acceptors (Lipinski definition) is 3. The minimum atomic E-state index is -0.764. The lowest BCUT2D eigenvalue weighted by atomic mass is 10.1. The van der Waals surface area contributed by atoms with Gasteiger partial charge in [0.15, 0.2) is 5.60 Å². The van der Waals surface area contributed by atoms with E-state index in [0.29, 0.717) is 13.1 Å². The highest BCUT2D eigenvalue weighted by Crippen LogP contribution is 2.24. The first-order valence-corrected chi connectivity index (χ1v) is 5.67. The van der Waals surface area contributed by atoms with Gasteiger partial charge in [-0.3, -0.25) is 4.90 Å². The fraction of sp³-hybridized carbons (Fsp3) is 0.462. The number of rotatable bonds is 3. The lowest BCUT2D eigenvalue weighted by Crippen LogP contribution is -2.34. The van der Waals surface area contributed by atoms with Gasteiger partial charge in [-0.25, -0.2) is 4.79 Å². The SMILES string of the molecule is Cc1ccccc1CN1CC(C)(CO)OC1=O. The maximum absolute atomic E-state index is 11.7. The Hall–Kier alpha value is -1.55. The highest BCUT2D eigenvalue weighted by atomic mass is 16.6. The third-order valence-electron chi connectivity index (χ3n) is 3.07. The number of carbonyl (C=O) groups excluding carboxylic acids is 1. The van der Waals surface area contributed by atoms with Crippen LogP contribution in [0.4, 0.5) is 4.79 Å². The zero-order chi connectivity index (χ0) is 12.5. The topological polar surface area (TPSA) is 49.8 Å². The van der Waals surface area contributed by atoms with Gasteiger partial charge in [-0.15, -0.1) is 0 Å². The van der Waals surface area contributed by atoms with Gasteiger partial charge in [0.05, 0.1) is 13.2 Å². The number of carbonyl (C=O) groups is 1. The fourth-order valence-corrected chi connectivity index (χ4v) is 1.97. The molecule has 1 amide bonds. The Balaban J connectivity index is 2.11. The average molecular weight is 235 g/mol. The van der Waals surface area contributed by atoms with Gasteiger partial charge in [-0.05, 0) is 25.0 Å². The Bertz CT molecular complexity index is 432. The Labute approximate surface area is 101 Å². The number of ether oxygens (including phenoxy) is 1. The molecule has 17 heavy (non-hydrogen) atoms. The van der Waals surface area contributed by atoms with Crippen LogP contribution in [0.15, 0.2) is 24.3 Å². The maximum atomic E-state index is 11.7. The number of nitrogens with zero attached hydrogens (tertiary/aromatic N) is 1. The van der Waals surface area contributed by atoms with E-state index in [-0.39, 0.29) is 12.7 Å². The van der Waals surface area contributed by atoms with E-state index in [0.717, 1.165) is 11.1 Å². The second-order valence-electron chi connectivity index (χ2n) is 4.76. The van der Waals surface area contributed by atoms with E-state index < -0.39 is 5.60 Å². The third-order valence-corrected chi connectivity index (χ3v) is 3.07. The van der Waals surface area contributed by atoms with E-state index >= 15 is 0 Å². The molecule has 1 aromatic carbocycles. The van der Waals surface area contributed by atoms with Crippen LogP contribution in [0.5, 0.6) is 0 Å². The highest BCUT2D eigenvalue weighted by Gasteiger charge is 2.40. The average Bonchev–Trinajstić information content (AvgIpc) is 2.58. The van der Waals surface area contributed by atoms with E-state index in [2.05, 4.69) is 0 Å². The number of aliphatic hydroxyl groups is 1. The van der Waals surface area contributed by atoms with Crippen molar-refractivity contribution in [2.24, 2.45) is 0 Å². The molecule has 1 aromatic rings. The van der Waals surface area contributed by atoms with Gasteiger partial charge < -0.3 is 9.84 Å². The number of cyclic esters (lactones) is 1. The van der Waals surface area contributed by atoms with Crippen molar-refractivity contribution in [3.63, 3.8) is 0 Å². The van der Waals surface area contributed by atoms with E-state index in [9.17, 15) is 9.90 Å². The van der Waals surface area contributed by atoms with Gasteiger partial charge in [-0.1, -0.05) is 24.3 Å². The molecule has 0 spiro atoms. The van der Waals surface area contributed by atoms with E-state index in [1.807, 2.05) is 31.2 Å². The molecular weight excluding hydrogens is 218 g/mol. The summed E-state index contributed by atoms with van der Waals surface area (Å²) in [5, 5.41) is 9.18. The number of amides is 1. The van der Waals surface area contributed by atoms with Crippen LogP contribution in [0.1, 0.15) is 18.1 Å². The molecule has 0 bridgehead atoms. The molecule has 0 aromatic heterocycles. The number of aliphatic hydroxyl groups excluding tert-OH is 1. The van der Waals surface area contributed by atoms with Crippen LogP contribution in [0.3, 0.4) is 0 Å². The van der Waals surface area contributed by atoms with Gasteiger partial charge in [0, 0.05) is 6.54 Å². The van der Waals surface area contributed by atoms with E-state index in [4.69, 9.17) is 4.74 Å². The van der Waals surface area contributed by atoms with Crippen LogP contribution < -0.4 is 0 Å². The normalized spacial score (nSPS) is 23.9. The summed E-state index contributed by atoms with van der Waals surface area (Å²) in [6, 6.07) is 7.94. The summed E-state index contributed by atoms with van der Waals surface area (Å²) in [5.74, 6) is 0. The van der Waals surface area contributed by atoms with Crippen LogP contribution in [-0.4, -0.2) is 34.9 Å². The van der Waals surface area contributed by atoms with Crippen LogP contribution in [0, 0.1) is 6.92 Å². The van der Waals surface area contributed by atoms with Gasteiger partial charge in [0.1, 0.15) is 0 Å². The lowest BCUT2D eigenvalue weighted by molar-refractivity contribution is 0.0219. The molecule has 1 N–H and O–H groups in total. The van der Waals surface area contributed by atoms with Crippen LogP contribution >= 0.6 is 0 Å². The summed E-state index contributed by atoms with van der Waals surface area (Å²) in [6.45, 7) is 4.56. The lowest BCUT2D eigenvalue weighted by Gasteiger charge is -2.18. The van der Waals surface area contributed by atoms with Crippen molar-refractivity contribution in [3.05, 3.63) is 35.4 Å². The zero-order valence-electron chi connectivity index (χ0n) is 10.1. The molecule has 1 saturated heterocycles. The zero-order valence-corrected chi connectivity index (χ0v) is 10.1. The summed E-state index contributed by atoms with van der Waals surface area (Å²) < 4.78 is 5.16. The van der Waals surface area contributed by atoms with Crippen molar-refractivity contribution >= 4 is 6.09 Å². The summed E-state index contributed by atoms with van der Waals surface area (Å²) >= 11 is 0. The first kappa shape index (κ1) is 11.9. The molecule has 1 heterocycles. The molecule has 0 saturated carbocycles. The first-order valence-electron chi connectivity index (χ1n) is 5.67. The van der Waals surface area contributed by atoms with Crippen molar-refractivity contribution in [1.29, 1.82) is 0 Å². The van der Waals surface area contributed by atoms with Crippen molar-refractivity contribution in [1.82, 2.24) is 4.90 Å². The molecule has 1 atom stereocenters. The predicted octanol–water partition coefficient (Wildman–Crippen LogP) is 1.70. The largest absolute Gasteiger partial charge is 0.439 e. The van der Waals surface area contributed by atoms with E-state index in [1.165, 1.54) is 0 Å². The van der Waals surface area contributed by atoms with Gasteiger partial charge in [0.2, 0.25) is 0 Å². The molecular formula is C13H17NO3. The van der Waals surface area contributed by atoms with Crippen molar-refractivity contribution in [2.45, 2.75) is 26.0 Å². The molecule has 1 aliphatic rings. The summed E-state index contributed by atoms with van der Waals surface area (Å²) in [7, 11) is 0. The van der Waals surface area contributed by atoms with Gasteiger partial charge in [0.25, 0.3) is 0 Å². The van der Waals surface area contributed by atoms with E-state index in [1.54, 1.807) is 11.8 Å². The smallest absolute Gasteiger partial charge is 0.410 e. The van der Waals surface area contributed by atoms with Gasteiger partial charge in [-0.2, -0.15) is 0 Å². The highest BCUT2D eigenvalue weighted by molar-refractivity contribution is 5.70. The second-order valence-corrected chi connectivity index (χ2v) is 4.76. The number of hydrogen-bond donors (Lipinski definition) is 1. The molecule has 4 nitrogen and oxygen atoms in total. The molecule has 1 fully saturated rings. The Morgan fingerprint density at radius 2 is 2.18 bits per heavy atom. The monoisotopic (exact) mass is 235 g/mol. The van der Waals surface area contributed by atoms with Crippen molar-refractivity contribution < 1.29 is 14.6 Å². The first-order chi connectivity index (χ1) is 8.04. The third kappa shape index (κ3) is 2.42. The fourth-order valence-electron chi connectivity index (χ4n) is 1.97.